The number of aliphatic hydroxyl groups is 3. The molecule has 0 radical (unpaired) electrons. The third-order valence-corrected chi connectivity index (χ3v) is 6.06. The first kappa shape index (κ1) is 25.3. The van der Waals surface area contributed by atoms with E-state index in [0.717, 1.165) is 31.4 Å². The molecule has 0 heterocycles. The molecular weight excluding hydrogens is 412 g/mol. The zero-order valence-electron chi connectivity index (χ0n) is 17.3. The van der Waals surface area contributed by atoms with E-state index < -0.39 is 41.6 Å². The van der Waals surface area contributed by atoms with Crippen molar-refractivity contribution in [3.8, 4) is 0 Å². The van der Waals surface area contributed by atoms with Crippen molar-refractivity contribution in [2.45, 2.75) is 76.1 Å². The van der Waals surface area contributed by atoms with Gasteiger partial charge >= 0.3 is 0 Å². The van der Waals surface area contributed by atoms with Crippen molar-refractivity contribution in [3.63, 3.8) is 0 Å². The van der Waals surface area contributed by atoms with Gasteiger partial charge in [0.1, 0.15) is 17.7 Å². The lowest BCUT2D eigenvalue weighted by molar-refractivity contribution is -0.129. The highest BCUT2D eigenvalue weighted by molar-refractivity contribution is 5.99. The van der Waals surface area contributed by atoms with Crippen molar-refractivity contribution in [1.29, 1.82) is 0 Å². The summed E-state index contributed by atoms with van der Waals surface area (Å²) in [4.78, 5) is 23.3. The summed E-state index contributed by atoms with van der Waals surface area (Å²) >= 11 is 0. The number of rotatable bonds is 12. The van der Waals surface area contributed by atoms with E-state index in [1.165, 1.54) is 0 Å². The van der Waals surface area contributed by atoms with E-state index in [2.05, 4.69) is 0 Å². The van der Waals surface area contributed by atoms with Crippen molar-refractivity contribution in [1.82, 2.24) is 5.48 Å². The summed E-state index contributed by atoms with van der Waals surface area (Å²) in [5.74, 6) is -3.48. The van der Waals surface area contributed by atoms with E-state index in [0.29, 0.717) is 25.3 Å². The fourth-order valence-corrected chi connectivity index (χ4v) is 4.43. The summed E-state index contributed by atoms with van der Waals surface area (Å²) in [7, 11) is 0. The van der Waals surface area contributed by atoms with Crippen LogP contribution in [0.3, 0.4) is 0 Å². The molecule has 1 aromatic carbocycles. The van der Waals surface area contributed by atoms with Gasteiger partial charge in [0.25, 0.3) is 0 Å². The summed E-state index contributed by atoms with van der Waals surface area (Å²) in [6, 6.07) is 2.39. The molecule has 0 spiro atoms. The van der Waals surface area contributed by atoms with Gasteiger partial charge in [-0.05, 0) is 56.1 Å². The lowest BCUT2D eigenvalue weighted by atomic mass is 9.84. The van der Waals surface area contributed by atoms with E-state index in [1.54, 1.807) is 5.48 Å². The first-order valence-corrected chi connectivity index (χ1v) is 10.7. The molecule has 1 unspecified atom stereocenters. The molecule has 7 nitrogen and oxygen atoms in total. The van der Waals surface area contributed by atoms with E-state index in [1.807, 2.05) is 0 Å². The first-order valence-electron chi connectivity index (χ1n) is 10.7. The average Bonchev–Trinajstić information content (AvgIpc) is 2.99. The minimum Gasteiger partial charge on any atom is -0.393 e. The number of carbonyl (C=O) groups excluding carboxylic acids is 2. The molecule has 1 amide bonds. The van der Waals surface area contributed by atoms with Crippen LogP contribution < -0.4 is 5.48 Å². The monoisotopic (exact) mass is 443 g/mol. The van der Waals surface area contributed by atoms with Gasteiger partial charge in [0.05, 0.1) is 12.2 Å². The van der Waals surface area contributed by atoms with Crippen LogP contribution in [0.4, 0.5) is 8.78 Å². The van der Waals surface area contributed by atoms with Gasteiger partial charge in [0.15, 0.2) is 5.78 Å². The van der Waals surface area contributed by atoms with Crippen LogP contribution in [-0.4, -0.2) is 50.5 Å². The minimum atomic E-state index is -1.45. The van der Waals surface area contributed by atoms with Crippen molar-refractivity contribution < 1.29 is 38.9 Å². The number of carbonyl (C=O) groups is 2. The lowest BCUT2D eigenvalue weighted by Crippen LogP contribution is -2.26. The molecular formula is C22H31F2NO6. The molecule has 9 heteroatoms. The molecule has 1 saturated carbocycles. The number of Topliss-reactive ketones (excluding diaryl/α,β-unsaturated/α-hetero) is 1. The zero-order valence-corrected chi connectivity index (χ0v) is 17.3. The topological polar surface area (TPSA) is 127 Å². The predicted molar refractivity (Wildman–Crippen MR) is 107 cm³/mol. The lowest BCUT2D eigenvalue weighted by Gasteiger charge is -2.24. The predicted octanol–water partition coefficient (Wildman–Crippen LogP) is 2.49. The summed E-state index contributed by atoms with van der Waals surface area (Å²) in [6.07, 6.45) is 1.61. The maximum Gasteiger partial charge on any atom is 0.243 e. The average molecular weight is 443 g/mol. The molecule has 1 aliphatic carbocycles. The molecule has 1 fully saturated rings. The molecule has 0 aliphatic heterocycles. The summed E-state index contributed by atoms with van der Waals surface area (Å²) in [5.41, 5.74) is 1.34. The molecule has 31 heavy (non-hydrogen) atoms. The van der Waals surface area contributed by atoms with E-state index in [4.69, 9.17) is 5.21 Å². The number of nitrogens with one attached hydrogen (secondary N) is 1. The van der Waals surface area contributed by atoms with Gasteiger partial charge in [-0.15, -0.1) is 0 Å². The maximum absolute atomic E-state index is 13.3. The fourth-order valence-electron chi connectivity index (χ4n) is 4.43. The Morgan fingerprint density at radius 1 is 0.968 bits per heavy atom. The van der Waals surface area contributed by atoms with Crippen LogP contribution in [0.2, 0.25) is 0 Å². The van der Waals surface area contributed by atoms with Gasteiger partial charge in [0, 0.05) is 18.1 Å². The third-order valence-electron chi connectivity index (χ3n) is 6.06. The second-order valence-corrected chi connectivity index (χ2v) is 8.30. The second kappa shape index (κ2) is 12.2. The molecule has 1 aromatic rings. The van der Waals surface area contributed by atoms with Crippen LogP contribution in [0.25, 0.3) is 0 Å². The van der Waals surface area contributed by atoms with Gasteiger partial charge in [0.2, 0.25) is 5.91 Å². The van der Waals surface area contributed by atoms with Crippen LogP contribution in [0.1, 0.15) is 68.1 Å². The third kappa shape index (κ3) is 7.60. The molecule has 5 atom stereocenters. The standard InChI is InChI=1S/C22H31F2NO6/c23-14-9-13(10-15(24)11-14)22(30)18(26)8-7-17-16(19(27)12-20(17)28)5-3-1-2-4-6-21(29)25-31/h9-11,16-20,26-28,31H,1-8,12H2,(H,25,29)/t16-,17-,18?,19+,20-/m1/s1. The highest BCUT2D eigenvalue weighted by atomic mass is 19.1. The first-order chi connectivity index (χ1) is 14.7. The van der Waals surface area contributed by atoms with Gasteiger partial charge in [-0.25, -0.2) is 14.3 Å². The summed E-state index contributed by atoms with van der Waals surface area (Å²) < 4.78 is 26.6. The van der Waals surface area contributed by atoms with Crippen LogP contribution in [0.15, 0.2) is 18.2 Å². The van der Waals surface area contributed by atoms with Crippen LogP contribution in [0.5, 0.6) is 0 Å². The van der Waals surface area contributed by atoms with E-state index in [9.17, 15) is 33.7 Å². The Hall–Kier alpha value is -1.94. The Morgan fingerprint density at radius 3 is 2.16 bits per heavy atom. The summed E-state index contributed by atoms with van der Waals surface area (Å²) in [5, 5.41) is 39.3. The number of aliphatic hydroxyl groups excluding tert-OH is 3. The Balaban J connectivity index is 1.82. The fraction of sp³-hybridized carbons (Fsp3) is 0.636. The van der Waals surface area contributed by atoms with E-state index >= 15 is 0 Å². The maximum atomic E-state index is 13.3. The number of ketones is 1. The quantitative estimate of drug-likeness (QED) is 0.146. The Labute approximate surface area is 180 Å². The minimum absolute atomic E-state index is 0.0121. The number of halogens is 2. The van der Waals surface area contributed by atoms with Gasteiger partial charge in [-0.3, -0.25) is 14.8 Å². The number of hydrogen-bond acceptors (Lipinski definition) is 6. The van der Waals surface area contributed by atoms with Crippen LogP contribution >= 0.6 is 0 Å². The molecule has 0 aromatic heterocycles. The van der Waals surface area contributed by atoms with Crippen LogP contribution in [-0.2, 0) is 4.79 Å². The second-order valence-electron chi connectivity index (χ2n) is 8.30. The summed E-state index contributed by atoms with van der Waals surface area (Å²) in [6.45, 7) is 0. The molecule has 2 rings (SSSR count). The highest BCUT2D eigenvalue weighted by Crippen LogP contribution is 2.39. The van der Waals surface area contributed by atoms with Crippen molar-refractivity contribution in [2.75, 3.05) is 0 Å². The molecule has 1 aliphatic rings. The Kier molecular flexibility index (Phi) is 9.95. The van der Waals surface area contributed by atoms with Gasteiger partial charge in [-0.2, -0.15) is 0 Å². The largest absolute Gasteiger partial charge is 0.393 e. The molecule has 0 saturated heterocycles. The Bertz CT molecular complexity index is 726. The number of unbranched alkanes of at least 4 members (excludes halogenated alkanes) is 3. The highest BCUT2D eigenvalue weighted by Gasteiger charge is 2.41. The molecule has 0 bridgehead atoms. The number of amides is 1. The Morgan fingerprint density at radius 2 is 1.55 bits per heavy atom. The number of benzene rings is 1. The molecule has 5 N–H and O–H groups in total. The van der Waals surface area contributed by atoms with Gasteiger partial charge in [-0.1, -0.05) is 19.3 Å². The molecule has 174 valence electrons. The van der Waals surface area contributed by atoms with Crippen molar-refractivity contribution in [2.24, 2.45) is 11.8 Å². The zero-order chi connectivity index (χ0) is 23.0. The number of hydrogen-bond donors (Lipinski definition) is 5. The van der Waals surface area contributed by atoms with E-state index in [-0.39, 0.29) is 36.7 Å². The van der Waals surface area contributed by atoms with Crippen LogP contribution in [0, 0.1) is 23.5 Å². The van der Waals surface area contributed by atoms with Crippen molar-refractivity contribution >= 4 is 11.7 Å². The SMILES string of the molecule is O=C(CCCCCC[C@@H]1[C@@H](CCC(O)C(=O)c2cc(F)cc(F)c2)[C@H](O)C[C@@H]1O)NO. The number of hydroxylamine groups is 1. The smallest absolute Gasteiger partial charge is 0.243 e. The van der Waals surface area contributed by atoms with Gasteiger partial charge < -0.3 is 15.3 Å². The normalized spacial score (nSPS) is 24.2. The van der Waals surface area contributed by atoms with Crippen molar-refractivity contribution in [3.05, 3.63) is 35.4 Å².